The van der Waals surface area contributed by atoms with E-state index in [0.29, 0.717) is 10.8 Å². The standard InChI is InChI=1S/C20H16N4O2/c1-21-19(25)18-15-9-2-3-10-16(15)20(26)24(23-18)12-14-7-4-6-13-8-5-11-22-17(13)14/h2-11H,12H2,1H3,(H,21,25). The summed E-state index contributed by atoms with van der Waals surface area (Å²) in [6.45, 7) is 0.238. The molecule has 0 aliphatic heterocycles. The van der Waals surface area contributed by atoms with E-state index in [2.05, 4.69) is 15.4 Å². The van der Waals surface area contributed by atoms with Crippen LogP contribution in [0.25, 0.3) is 21.7 Å². The molecule has 4 rings (SSSR count). The number of hydrogen-bond donors (Lipinski definition) is 1. The number of hydrogen-bond acceptors (Lipinski definition) is 4. The molecular formula is C20H16N4O2. The van der Waals surface area contributed by atoms with E-state index in [1.54, 1.807) is 37.5 Å². The van der Waals surface area contributed by atoms with Gasteiger partial charge in [-0.25, -0.2) is 4.68 Å². The van der Waals surface area contributed by atoms with Gasteiger partial charge in [0.15, 0.2) is 5.69 Å². The quantitative estimate of drug-likeness (QED) is 0.619. The van der Waals surface area contributed by atoms with Crippen LogP contribution >= 0.6 is 0 Å². The Balaban J connectivity index is 1.93. The van der Waals surface area contributed by atoms with Crippen molar-refractivity contribution < 1.29 is 4.79 Å². The second-order valence-electron chi connectivity index (χ2n) is 5.93. The van der Waals surface area contributed by atoms with Crippen molar-refractivity contribution in [1.29, 1.82) is 0 Å². The number of amides is 1. The lowest BCUT2D eigenvalue weighted by Gasteiger charge is -2.11. The van der Waals surface area contributed by atoms with Gasteiger partial charge in [0.05, 0.1) is 17.4 Å². The van der Waals surface area contributed by atoms with Gasteiger partial charge in [0.25, 0.3) is 11.5 Å². The Morgan fingerprint density at radius 2 is 1.81 bits per heavy atom. The summed E-state index contributed by atoms with van der Waals surface area (Å²) in [6, 6.07) is 16.7. The lowest BCUT2D eigenvalue weighted by atomic mass is 10.1. The molecule has 128 valence electrons. The molecule has 1 N–H and O–H groups in total. The van der Waals surface area contributed by atoms with Gasteiger partial charge in [-0.3, -0.25) is 14.6 Å². The molecule has 0 radical (unpaired) electrons. The molecule has 2 aromatic carbocycles. The predicted octanol–water partition coefficient (Wildman–Crippen LogP) is 2.35. The van der Waals surface area contributed by atoms with E-state index in [9.17, 15) is 9.59 Å². The largest absolute Gasteiger partial charge is 0.354 e. The van der Waals surface area contributed by atoms with E-state index >= 15 is 0 Å². The predicted molar refractivity (Wildman–Crippen MR) is 100 cm³/mol. The van der Waals surface area contributed by atoms with Gasteiger partial charge >= 0.3 is 0 Å². The monoisotopic (exact) mass is 344 g/mol. The van der Waals surface area contributed by atoms with Crippen LogP contribution in [-0.4, -0.2) is 27.7 Å². The number of carbonyl (C=O) groups is 1. The van der Waals surface area contributed by atoms with E-state index in [0.717, 1.165) is 16.5 Å². The number of carbonyl (C=O) groups excluding carboxylic acids is 1. The number of nitrogens with one attached hydrogen (secondary N) is 1. The molecule has 0 atom stereocenters. The first-order valence-corrected chi connectivity index (χ1v) is 8.23. The Morgan fingerprint density at radius 3 is 2.62 bits per heavy atom. The fourth-order valence-electron chi connectivity index (χ4n) is 3.08. The molecule has 0 saturated heterocycles. The third kappa shape index (κ3) is 2.61. The van der Waals surface area contributed by atoms with Crippen molar-refractivity contribution in [2.24, 2.45) is 0 Å². The molecule has 1 amide bonds. The summed E-state index contributed by atoms with van der Waals surface area (Å²) >= 11 is 0. The first-order valence-electron chi connectivity index (χ1n) is 8.23. The Hall–Kier alpha value is -3.54. The van der Waals surface area contributed by atoms with Crippen LogP contribution in [0.15, 0.2) is 65.6 Å². The van der Waals surface area contributed by atoms with Gasteiger partial charge in [-0.1, -0.05) is 42.5 Å². The third-order valence-electron chi connectivity index (χ3n) is 4.35. The number of nitrogens with zero attached hydrogens (tertiary/aromatic N) is 3. The number of pyridine rings is 1. The van der Waals surface area contributed by atoms with Gasteiger partial charge < -0.3 is 5.32 Å². The summed E-state index contributed by atoms with van der Waals surface area (Å²) in [7, 11) is 1.54. The van der Waals surface area contributed by atoms with E-state index in [1.807, 2.05) is 30.3 Å². The van der Waals surface area contributed by atoms with Crippen molar-refractivity contribution >= 4 is 27.6 Å². The molecule has 26 heavy (non-hydrogen) atoms. The summed E-state index contributed by atoms with van der Waals surface area (Å²) in [5.74, 6) is -0.328. The smallest absolute Gasteiger partial charge is 0.274 e. The van der Waals surface area contributed by atoms with Gasteiger partial charge in [0, 0.05) is 24.0 Å². The zero-order valence-corrected chi connectivity index (χ0v) is 14.1. The first-order chi connectivity index (χ1) is 12.7. The zero-order valence-electron chi connectivity index (χ0n) is 14.1. The molecule has 0 fully saturated rings. The minimum atomic E-state index is -0.328. The molecule has 4 aromatic rings. The minimum Gasteiger partial charge on any atom is -0.354 e. The zero-order chi connectivity index (χ0) is 18.1. The SMILES string of the molecule is CNC(=O)c1nn(Cc2cccc3cccnc23)c(=O)c2ccccc12. The lowest BCUT2D eigenvalue weighted by Crippen LogP contribution is -2.29. The molecule has 0 unspecified atom stereocenters. The van der Waals surface area contributed by atoms with Crippen molar-refractivity contribution in [2.75, 3.05) is 7.05 Å². The van der Waals surface area contributed by atoms with Crippen LogP contribution in [0.4, 0.5) is 0 Å². The number of para-hydroxylation sites is 1. The average Bonchev–Trinajstić information content (AvgIpc) is 2.70. The molecule has 2 aromatic heterocycles. The van der Waals surface area contributed by atoms with Gasteiger partial charge in [-0.2, -0.15) is 5.10 Å². The molecule has 0 aliphatic rings. The highest BCUT2D eigenvalue weighted by atomic mass is 16.2. The van der Waals surface area contributed by atoms with Crippen LogP contribution in [0.3, 0.4) is 0 Å². The molecule has 6 heteroatoms. The molecule has 6 nitrogen and oxygen atoms in total. The van der Waals surface area contributed by atoms with Gasteiger partial charge in [-0.15, -0.1) is 0 Å². The Kier molecular flexibility index (Phi) is 3.93. The summed E-state index contributed by atoms with van der Waals surface area (Å²) < 4.78 is 1.33. The highest BCUT2D eigenvalue weighted by molar-refractivity contribution is 6.04. The van der Waals surface area contributed by atoms with Crippen molar-refractivity contribution in [1.82, 2.24) is 20.1 Å². The molecule has 2 heterocycles. The lowest BCUT2D eigenvalue weighted by molar-refractivity contribution is 0.0957. The molecule has 0 saturated carbocycles. The highest BCUT2D eigenvalue weighted by Gasteiger charge is 2.16. The average molecular weight is 344 g/mol. The van der Waals surface area contributed by atoms with Crippen LogP contribution in [0.5, 0.6) is 0 Å². The van der Waals surface area contributed by atoms with Crippen LogP contribution in [0.2, 0.25) is 0 Å². The maximum Gasteiger partial charge on any atom is 0.274 e. The van der Waals surface area contributed by atoms with Gasteiger partial charge in [0.1, 0.15) is 0 Å². The van der Waals surface area contributed by atoms with E-state index in [-0.39, 0.29) is 23.7 Å². The summed E-state index contributed by atoms with van der Waals surface area (Å²) in [6.07, 6.45) is 1.72. The minimum absolute atomic E-state index is 0.232. The number of fused-ring (bicyclic) bond motifs is 2. The van der Waals surface area contributed by atoms with Crippen molar-refractivity contribution in [3.63, 3.8) is 0 Å². The van der Waals surface area contributed by atoms with E-state index < -0.39 is 0 Å². The van der Waals surface area contributed by atoms with Crippen LogP contribution in [0, 0.1) is 0 Å². The van der Waals surface area contributed by atoms with E-state index in [1.165, 1.54) is 4.68 Å². The van der Waals surface area contributed by atoms with Gasteiger partial charge in [0.2, 0.25) is 0 Å². The Labute approximate surface area is 149 Å². The number of benzene rings is 2. The normalized spacial score (nSPS) is 11.0. The highest BCUT2D eigenvalue weighted by Crippen LogP contribution is 2.18. The van der Waals surface area contributed by atoms with Crippen molar-refractivity contribution in [3.8, 4) is 0 Å². The fourth-order valence-corrected chi connectivity index (χ4v) is 3.08. The third-order valence-corrected chi connectivity index (χ3v) is 4.35. The van der Waals surface area contributed by atoms with Crippen molar-refractivity contribution in [3.05, 3.63) is 82.4 Å². The van der Waals surface area contributed by atoms with Gasteiger partial charge in [-0.05, 0) is 17.7 Å². The van der Waals surface area contributed by atoms with E-state index in [4.69, 9.17) is 0 Å². The Bertz CT molecular complexity index is 1190. The van der Waals surface area contributed by atoms with Crippen molar-refractivity contribution in [2.45, 2.75) is 6.54 Å². The van der Waals surface area contributed by atoms with Crippen LogP contribution in [-0.2, 0) is 6.54 Å². The maximum absolute atomic E-state index is 12.9. The summed E-state index contributed by atoms with van der Waals surface area (Å²) in [5.41, 5.74) is 1.69. The maximum atomic E-state index is 12.9. The Morgan fingerprint density at radius 1 is 1.04 bits per heavy atom. The number of rotatable bonds is 3. The summed E-state index contributed by atoms with van der Waals surface area (Å²) in [5, 5.41) is 8.93. The van der Waals surface area contributed by atoms with Crippen LogP contribution < -0.4 is 10.9 Å². The summed E-state index contributed by atoms with van der Waals surface area (Å²) in [4.78, 5) is 29.6. The second kappa shape index (κ2) is 6.40. The first kappa shape index (κ1) is 16.0. The fraction of sp³-hybridized carbons (Fsp3) is 0.100. The topological polar surface area (TPSA) is 76.9 Å². The second-order valence-corrected chi connectivity index (χ2v) is 5.93. The molecule has 0 spiro atoms. The van der Waals surface area contributed by atoms with Crippen LogP contribution in [0.1, 0.15) is 16.1 Å². The molecular weight excluding hydrogens is 328 g/mol. The number of aromatic nitrogens is 3. The molecule has 0 bridgehead atoms. The molecule has 0 aliphatic carbocycles.